The summed E-state index contributed by atoms with van der Waals surface area (Å²) in [5, 5.41) is 0.810. The zero-order valence-electron chi connectivity index (χ0n) is 17.3. The van der Waals surface area contributed by atoms with Crippen LogP contribution in [0.3, 0.4) is 0 Å². The van der Waals surface area contributed by atoms with E-state index in [1.807, 2.05) is 12.1 Å². The molecule has 2 aromatic carbocycles. The first-order valence-electron chi connectivity index (χ1n) is 10.5. The molecule has 0 spiro atoms. The molecule has 1 saturated heterocycles. The van der Waals surface area contributed by atoms with Crippen molar-refractivity contribution in [3.63, 3.8) is 0 Å². The van der Waals surface area contributed by atoms with Gasteiger partial charge in [0.05, 0.1) is 0 Å². The molecule has 0 amide bonds. The summed E-state index contributed by atoms with van der Waals surface area (Å²) < 4.78 is 0. The van der Waals surface area contributed by atoms with E-state index >= 15 is 0 Å². The minimum atomic E-state index is 0. The van der Waals surface area contributed by atoms with Gasteiger partial charge in [-0.3, -0.25) is 4.90 Å². The summed E-state index contributed by atoms with van der Waals surface area (Å²) in [4.78, 5) is 5.06. The molecule has 154 valence electrons. The van der Waals surface area contributed by atoms with Gasteiger partial charge in [-0.1, -0.05) is 49.6 Å². The third kappa shape index (κ3) is 6.69. The van der Waals surface area contributed by atoms with Gasteiger partial charge in [-0.05, 0) is 67.1 Å². The molecule has 1 heterocycles. The minimum Gasteiger partial charge on any atom is -0.369 e. The summed E-state index contributed by atoms with van der Waals surface area (Å²) in [5.74, 6) is 0. The van der Waals surface area contributed by atoms with Gasteiger partial charge >= 0.3 is 0 Å². The molecule has 1 aliphatic rings. The highest BCUT2D eigenvalue weighted by molar-refractivity contribution is 6.30. The molecule has 0 aliphatic carbocycles. The quantitative estimate of drug-likeness (QED) is 0.471. The number of aryl methyl sites for hydroxylation is 2. The summed E-state index contributed by atoms with van der Waals surface area (Å²) in [6.07, 6.45) is 6.32. The van der Waals surface area contributed by atoms with Gasteiger partial charge in [0.15, 0.2) is 0 Å². The molecule has 1 fully saturated rings. The van der Waals surface area contributed by atoms with E-state index < -0.39 is 0 Å². The Labute approximate surface area is 182 Å². The molecule has 3 rings (SSSR count). The number of rotatable bonds is 8. The summed E-state index contributed by atoms with van der Waals surface area (Å²) >= 11 is 6.00. The first-order valence-corrected chi connectivity index (χ1v) is 10.8. The van der Waals surface area contributed by atoms with Crippen molar-refractivity contribution in [1.29, 1.82) is 0 Å². The van der Waals surface area contributed by atoms with E-state index in [0.717, 1.165) is 44.2 Å². The smallest absolute Gasteiger partial charge is 0.0407 e. The lowest BCUT2D eigenvalue weighted by molar-refractivity contribution is 0.261. The molecule has 28 heavy (non-hydrogen) atoms. The van der Waals surface area contributed by atoms with E-state index in [2.05, 4.69) is 54.0 Å². The van der Waals surface area contributed by atoms with E-state index in [1.54, 1.807) is 5.56 Å². The highest BCUT2D eigenvalue weighted by Crippen LogP contribution is 2.20. The molecule has 2 aromatic rings. The number of unbranched alkanes of at least 4 members (excludes halogenated alkanes) is 2. The molecule has 4 heteroatoms. The van der Waals surface area contributed by atoms with Gasteiger partial charge in [-0.15, -0.1) is 12.4 Å². The molecule has 0 unspecified atom stereocenters. The second-order valence-corrected chi connectivity index (χ2v) is 8.21. The Kier molecular flexibility index (Phi) is 9.64. The SMILES string of the molecule is CCCCCc1cc(CCN2CCN(c3ccc(Cl)cc3)CC2)ccc1C.Cl. The van der Waals surface area contributed by atoms with Crippen LogP contribution in [-0.4, -0.2) is 37.6 Å². The van der Waals surface area contributed by atoms with Crippen molar-refractivity contribution in [3.8, 4) is 0 Å². The monoisotopic (exact) mass is 420 g/mol. The highest BCUT2D eigenvalue weighted by Gasteiger charge is 2.17. The molecule has 0 radical (unpaired) electrons. The van der Waals surface area contributed by atoms with Crippen molar-refractivity contribution < 1.29 is 0 Å². The Morgan fingerprint density at radius 2 is 1.61 bits per heavy atom. The van der Waals surface area contributed by atoms with Gasteiger partial charge in [0.2, 0.25) is 0 Å². The standard InChI is InChI=1S/C24H33ClN2.ClH/c1-3-4-5-6-22-19-21(8-7-20(22)2)13-14-26-15-17-27(18-16-26)24-11-9-23(25)10-12-24;/h7-12,19H,3-6,13-18H2,1-2H3;1H. The summed E-state index contributed by atoms with van der Waals surface area (Å²) in [5.41, 5.74) is 5.78. The lowest BCUT2D eigenvalue weighted by Gasteiger charge is -2.36. The minimum absolute atomic E-state index is 0. The van der Waals surface area contributed by atoms with Crippen LogP contribution in [0.5, 0.6) is 0 Å². The second kappa shape index (κ2) is 11.7. The molecule has 2 nitrogen and oxygen atoms in total. The molecule has 1 aliphatic heterocycles. The summed E-state index contributed by atoms with van der Waals surface area (Å²) in [6.45, 7) is 10.1. The van der Waals surface area contributed by atoms with Crippen LogP contribution in [-0.2, 0) is 12.8 Å². The zero-order valence-corrected chi connectivity index (χ0v) is 18.9. The fraction of sp³-hybridized carbons (Fsp3) is 0.500. The average molecular weight is 421 g/mol. The molecule has 0 bridgehead atoms. The topological polar surface area (TPSA) is 6.48 Å². The zero-order chi connectivity index (χ0) is 19.1. The number of nitrogens with zero attached hydrogens (tertiary/aromatic N) is 2. The van der Waals surface area contributed by atoms with Crippen LogP contribution in [0.4, 0.5) is 5.69 Å². The molecular formula is C24H34Cl2N2. The third-order valence-electron chi connectivity index (χ3n) is 5.74. The number of halogens is 2. The fourth-order valence-electron chi connectivity index (χ4n) is 3.88. The van der Waals surface area contributed by atoms with Gasteiger partial charge in [-0.25, -0.2) is 0 Å². The largest absolute Gasteiger partial charge is 0.369 e. The first-order chi connectivity index (χ1) is 13.2. The van der Waals surface area contributed by atoms with Crippen LogP contribution in [0.15, 0.2) is 42.5 Å². The Morgan fingerprint density at radius 1 is 0.893 bits per heavy atom. The van der Waals surface area contributed by atoms with Crippen LogP contribution in [0, 0.1) is 6.92 Å². The van der Waals surface area contributed by atoms with Crippen LogP contribution in [0.2, 0.25) is 5.02 Å². The Balaban J connectivity index is 0.00000280. The Bertz CT molecular complexity index is 707. The van der Waals surface area contributed by atoms with Gasteiger partial charge in [0.25, 0.3) is 0 Å². The molecule has 0 atom stereocenters. The van der Waals surface area contributed by atoms with Crippen molar-refractivity contribution in [2.45, 2.75) is 46.0 Å². The van der Waals surface area contributed by atoms with Crippen molar-refractivity contribution in [3.05, 3.63) is 64.2 Å². The van der Waals surface area contributed by atoms with Crippen LogP contribution in [0.25, 0.3) is 0 Å². The Hall–Kier alpha value is -1.22. The number of benzene rings is 2. The maximum atomic E-state index is 6.00. The van der Waals surface area contributed by atoms with Crippen LogP contribution < -0.4 is 4.90 Å². The van der Waals surface area contributed by atoms with Gasteiger partial charge in [-0.2, -0.15) is 0 Å². The lowest BCUT2D eigenvalue weighted by Crippen LogP contribution is -2.47. The lowest BCUT2D eigenvalue weighted by atomic mass is 9.98. The highest BCUT2D eigenvalue weighted by atomic mass is 35.5. The third-order valence-corrected chi connectivity index (χ3v) is 6.00. The Morgan fingerprint density at radius 3 is 2.29 bits per heavy atom. The van der Waals surface area contributed by atoms with E-state index in [-0.39, 0.29) is 12.4 Å². The van der Waals surface area contributed by atoms with Gasteiger partial charge in [0.1, 0.15) is 0 Å². The van der Waals surface area contributed by atoms with Crippen molar-refractivity contribution in [1.82, 2.24) is 4.90 Å². The van der Waals surface area contributed by atoms with Crippen LogP contribution >= 0.6 is 24.0 Å². The number of hydrogen-bond acceptors (Lipinski definition) is 2. The van der Waals surface area contributed by atoms with E-state index in [4.69, 9.17) is 11.6 Å². The van der Waals surface area contributed by atoms with Crippen LogP contribution in [0.1, 0.15) is 42.9 Å². The van der Waals surface area contributed by atoms with E-state index in [0.29, 0.717) is 0 Å². The average Bonchev–Trinajstić information content (AvgIpc) is 2.69. The normalized spacial score (nSPS) is 14.8. The molecular weight excluding hydrogens is 387 g/mol. The second-order valence-electron chi connectivity index (χ2n) is 7.77. The van der Waals surface area contributed by atoms with Gasteiger partial charge in [0, 0.05) is 43.4 Å². The van der Waals surface area contributed by atoms with Gasteiger partial charge < -0.3 is 4.90 Å². The number of anilines is 1. The molecule has 0 saturated carbocycles. The van der Waals surface area contributed by atoms with E-state index in [1.165, 1.54) is 42.5 Å². The van der Waals surface area contributed by atoms with Crippen molar-refractivity contribution >= 4 is 29.7 Å². The predicted molar refractivity (Wildman–Crippen MR) is 125 cm³/mol. The number of hydrogen-bond donors (Lipinski definition) is 0. The predicted octanol–water partition coefficient (Wildman–Crippen LogP) is 6.17. The van der Waals surface area contributed by atoms with E-state index in [9.17, 15) is 0 Å². The summed E-state index contributed by atoms with van der Waals surface area (Å²) in [6, 6.07) is 15.3. The van der Waals surface area contributed by atoms with Crippen molar-refractivity contribution in [2.75, 3.05) is 37.6 Å². The first kappa shape index (κ1) is 23.1. The maximum Gasteiger partial charge on any atom is 0.0407 e. The molecule has 0 aromatic heterocycles. The molecule has 0 N–H and O–H groups in total. The maximum absolute atomic E-state index is 6.00. The number of piperazine rings is 1. The summed E-state index contributed by atoms with van der Waals surface area (Å²) in [7, 11) is 0. The van der Waals surface area contributed by atoms with Crippen molar-refractivity contribution in [2.24, 2.45) is 0 Å². The fourth-order valence-corrected chi connectivity index (χ4v) is 4.01.